The van der Waals surface area contributed by atoms with Crippen LogP contribution < -0.4 is 11.1 Å². The molecule has 1 saturated heterocycles. The van der Waals surface area contributed by atoms with Crippen molar-refractivity contribution in [2.24, 2.45) is 10.7 Å². The van der Waals surface area contributed by atoms with Gasteiger partial charge in [0.15, 0.2) is 0 Å². The van der Waals surface area contributed by atoms with Gasteiger partial charge in [-0.3, -0.25) is 0 Å². The molecule has 1 heterocycles. The number of allylic oxidation sites excluding steroid dienone is 2. The van der Waals surface area contributed by atoms with Crippen molar-refractivity contribution in [3.05, 3.63) is 53.9 Å². The number of alkyl halides is 3. The van der Waals surface area contributed by atoms with E-state index in [0.29, 0.717) is 36.0 Å². The quantitative estimate of drug-likeness (QED) is 0.482. The summed E-state index contributed by atoms with van der Waals surface area (Å²) >= 11 is 0. The first-order valence-corrected chi connectivity index (χ1v) is 7.99. The van der Waals surface area contributed by atoms with E-state index in [-0.39, 0.29) is 6.04 Å². The van der Waals surface area contributed by atoms with Gasteiger partial charge < -0.3 is 15.8 Å². The zero-order valence-corrected chi connectivity index (χ0v) is 14.1. The van der Waals surface area contributed by atoms with Crippen molar-refractivity contribution in [2.45, 2.75) is 32.0 Å². The largest absolute Gasteiger partial charge is 0.416 e. The number of hydrogen-bond donors (Lipinski definition) is 2. The van der Waals surface area contributed by atoms with Gasteiger partial charge in [-0.05, 0) is 49.1 Å². The number of nitrogens with two attached hydrogens (primary N) is 1. The van der Waals surface area contributed by atoms with E-state index < -0.39 is 11.7 Å². The standard InChI is InChI=1S/C18H22F3N3O/c1-12(14-3-5-15(6-4-14)18(19,20)21)11-17(23-13(2)22)24-16-7-9-25-10-8-16/h3-6,11,16,24H,1,7-10H2,2H3,(H2,22,23)/b17-11+. The maximum Gasteiger partial charge on any atom is 0.416 e. The van der Waals surface area contributed by atoms with Crippen LogP contribution in [0, 0.1) is 0 Å². The van der Waals surface area contributed by atoms with Crippen LogP contribution >= 0.6 is 0 Å². The molecular weight excluding hydrogens is 331 g/mol. The van der Waals surface area contributed by atoms with Gasteiger partial charge in [-0.15, -0.1) is 0 Å². The van der Waals surface area contributed by atoms with Crippen LogP contribution in [-0.4, -0.2) is 25.1 Å². The minimum absolute atomic E-state index is 0.212. The molecule has 0 atom stereocenters. The molecule has 0 amide bonds. The third-order valence-corrected chi connectivity index (χ3v) is 3.76. The monoisotopic (exact) mass is 353 g/mol. The molecule has 0 aliphatic carbocycles. The van der Waals surface area contributed by atoms with E-state index in [4.69, 9.17) is 10.5 Å². The molecule has 0 spiro atoms. The summed E-state index contributed by atoms with van der Waals surface area (Å²) in [5, 5.41) is 3.30. The highest BCUT2D eigenvalue weighted by Gasteiger charge is 2.29. The number of benzene rings is 1. The SMILES string of the molecule is C=C(/C=C(\N=C(/C)N)NC1CCOCC1)c1ccc(C(F)(F)F)cc1. The van der Waals surface area contributed by atoms with Crippen LogP contribution in [0.4, 0.5) is 13.2 Å². The molecule has 0 radical (unpaired) electrons. The van der Waals surface area contributed by atoms with Crippen LogP contribution in [-0.2, 0) is 10.9 Å². The Morgan fingerprint density at radius 2 is 1.88 bits per heavy atom. The summed E-state index contributed by atoms with van der Waals surface area (Å²) in [5.74, 6) is 0.919. The molecule has 7 heteroatoms. The smallest absolute Gasteiger partial charge is 0.387 e. The average molecular weight is 353 g/mol. The van der Waals surface area contributed by atoms with Gasteiger partial charge in [0.2, 0.25) is 0 Å². The number of ether oxygens (including phenoxy) is 1. The summed E-state index contributed by atoms with van der Waals surface area (Å²) in [7, 11) is 0. The zero-order valence-electron chi connectivity index (χ0n) is 14.1. The molecule has 136 valence electrons. The highest BCUT2D eigenvalue weighted by Crippen LogP contribution is 2.30. The molecule has 0 unspecified atom stereocenters. The minimum atomic E-state index is -4.35. The van der Waals surface area contributed by atoms with E-state index in [9.17, 15) is 13.2 Å². The van der Waals surface area contributed by atoms with Crippen LogP contribution in [0.15, 0.2) is 47.7 Å². The van der Waals surface area contributed by atoms with Crippen molar-refractivity contribution in [1.82, 2.24) is 5.32 Å². The summed E-state index contributed by atoms with van der Waals surface area (Å²) in [6.07, 6.45) is -0.965. The predicted octanol–water partition coefficient (Wildman–Crippen LogP) is 3.71. The van der Waals surface area contributed by atoms with Crippen LogP contribution in [0.2, 0.25) is 0 Å². The number of nitrogens with one attached hydrogen (secondary N) is 1. The van der Waals surface area contributed by atoms with Gasteiger partial charge >= 0.3 is 6.18 Å². The van der Waals surface area contributed by atoms with E-state index in [1.165, 1.54) is 12.1 Å². The van der Waals surface area contributed by atoms with Crippen LogP contribution in [0.5, 0.6) is 0 Å². The molecule has 1 aliphatic rings. The van der Waals surface area contributed by atoms with Gasteiger partial charge in [0, 0.05) is 19.3 Å². The Labute approximate surface area is 145 Å². The van der Waals surface area contributed by atoms with Gasteiger partial charge in [-0.2, -0.15) is 13.2 Å². The van der Waals surface area contributed by atoms with Gasteiger partial charge in [0.05, 0.1) is 11.4 Å². The predicted molar refractivity (Wildman–Crippen MR) is 92.8 cm³/mol. The molecule has 1 aromatic rings. The van der Waals surface area contributed by atoms with E-state index in [1.54, 1.807) is 13.0 Å². The lowest BCUT2D eigenvalue weighted by molar-refractivity contribution is -0.137. The highest BCUT2D eigenvalue weighted by atomic mass is 19.4. The Balaban J connectivity index is 2.16. The second-order valence-corrected chi connectivity index (χ2v) is 5.91. The zero-order chi connectivity index (χ0) is 18.4. The number of amidine groups is 1. The number of halogens is 3. The van der Waals surface area contributed by atoms with Crippen molar-refractivity contribution in [2.75, 3.05) is 13.2 Å². The number of nitrogens with zero attached hydrogens (tertiary/aromatic N) is 1. The first-order valence-electron chi connectivity index (χ1n) is 7.99. The maximum atomic E-state index is 12.6. The van der Waals surface area contributed by atoms with Gasteiger partial charge in [-0.25, -0.2) is 4.99 Å². The van der Waals surface area contributed by atoms with Crippen molar-refractivity contribution < 1.29 is 17.9 Å². The fraction of sp³-hybridized carbons (Fsp3) is 0.389. The summed E-state index contributed by atoms with van der Waals surface area (Å²) < 4.78 is 43.3. The highest BCUT2D eigenvalue weighted by molar-refractivity contribution is 5.79. The maximum absolute atomic E-state index is 12.6. The molecule has 25 heavy (non-hydrogen) atoms. The minimum Gasteiger partial charge on any atom is -0.387 e. The van der Waals surface area contributed by atoms with E-state index in [2.05, 4.69) is 16.9 Å². The van der Waals surface area contributed by atoms with Crippen LogP contribution in [0.1, 0.15) is 30.9 Å². The lowest BCUT2D eigenvalue weighted by Gasteiger charge is -2.24. The van der Waals surface area contributed by atoms with Crippen LogP contribution in [0.3, 0.4) is 0 Å². The van der Waals surface area contributed by atoms with Crippen LogP contribution in [0.25, 0.3) is 5.57 Å². The Hall–Kier alpha value is -2.28. The van der Waals surface area contributed by atoms with Gasteiger partial charge in [0.1, 0.15) is 5.82 Å². The number of rotatable bonds is 5. The Morgan fingerprint density at radius 3 is 2.40 bits per heavy atom. The van der Waals surface area contributed by atoms with Crippen molar-refractivity contribution in [3.63, 3.8) is 0 Å². The topological polar surface area (TPSA) is 59.6 Å². The van der Waals surface area contributed by atoms with E-state index in [0.717, 1.165) is 25.0 Å². The van der Waals surface area contributed by atoms with E-state index in [1.807, 2.05) is 0 Å². The molecule has 3 N–H and O–H groups in total. The fourth-order valence-corrected chi connectivity index (χ4v) is 2.47. The number of aliphatic imine (C=N–C) groups is 1. The second kappa shape index (κ2) is 8.20. The molecule has 1 aromatic carbocycles. The van der Waals surface area contributed by atoms with Crippen molar-refractivity contribution in [1.29, 1.82) is 0 Å². The van der Waals surface area contributed by atoms with Gasteiger partial charge in [0.25, 0.3) is 0 Å². The lowest BCUT2D eigenvalue weighted by Crippen LogP contribution is -2.34. The number of hydrogen-bond acceptors (Lipinski definition) is 3. The Kier molecular flexibility index (Phi) is 6.25. The molecular formula is C18H22F3N3O. The summed E-state index contributed by atoms with van der Waals surface area (Å²) in [6, 6.07) is 5.08. The lowest BCUT2D eigenvalue weighted by atomic mass is 10.0. The molecule has 4 nitrogen and oxygen atoms in total. The second-order valence-electron chi connectivity index (χ2n) is 5.91. The Morgan fingerprint density at radius 1 is 1.28 bits per heavy atom. The molecule has 0 bridgehead atoms. The summed E-state index contributed by atoms with van der Waals surface area (Å²) in [6.45, 7) is 6.95. The molecule has 2 rings (SSSR count). The van der Waals surface area contributed by atoms with E-state index >= 15 is 0 Å². The first kappa shape index (κ1) is 19.1. The van der Waals surface area contributed by atoms with Crippen molar-refractivity contribution in [3.8, 4) is 0 Å². The normalized spacial score (nSPS) is 17.4. The third-order valence-electron chi connectivity index (χ3n) is 3.76. The molecule has 0 aromatic heterocycles. The fourth-order valence-electron chi connectivity index (χ4n) is 2.47. The Bertz CT molecular complexity index is 653. The third kappa shape index (κ3) is 5.94. The molecule has 0 saturated carbocycles. The summed E-state index contributed by atoms with van der Waals surface area (Å²) in [4.78, 5) is 4.26. The first-order chi connectivity index (χ1) is 11.8. The average Bonchev–Trinajstić information content (AvgIpc) is 2.54. The summed E-state index contributed by atoms with van der Waals surface area (Å²) in [5.41, 5.74) is 6.12. The van der Waals surface area contributed by atoms with Crippen molar-refractivity contribution >= 4 is 11.4 Å². The molecule has 1 fully saturated rings. The van der Waals surface area contributed by atoms with Gasteiger partial charge in [-0.1, -0.05) is 18.7 Å². The molecule has 1 aliphatic heterocycles.